The normalized spacial score (nSPS) is 10.3. The predicted molar refractivity (Wildman–Crippen MR) is 78.3 cm³/mol. The van der Waals surface area contributed by atoms with Crippen LogP contribution in [0.4, 0.5) is 0 Å². The van der Waals surface area contributed by atoms with E-state index in [-0.39, 0.29) is 5.69 Å². The van der Waals surface area contributed by atoms with Crippen LogP contribution in [0.1, 0.15) is 10.5 Å². The Kier molecular flexibility index (Phi) is 3.71. The van der Waals surface area contributed by atoms with Crippen LogP contribution in [0.15, 0.2) is 65.2 Å². The lowest BCUT2D eigenvalue weighted by molar-refractivity contribution is 0.0724. The molecule has 0 saturated heterocycles. The molecule has 0 N–H and O–H groups in total. The van der Waals surface area contributed by atoms with E-state index in [9.17, 15) is 4.79 Å². The molecule has 0 saturated carbocycles. The van der Waals surface area contributed by atoms with Gasteiger partial charge >= 0.3 is 5.97 Å². The van der Waals surface area contributed by atoms with Gasteiger partial charge in [0.05, 0.1) is 0 Å². The van der Waals surface area contributed by atoms with Crippen LogP contribution < -0.4 is 4.74 Å². The maximum Gasteiger partial charge on any atom is 0.365 e. The summed E-state index contributed by atoms with van der Waals surface area (Å²) >= 11 is 5.77. The summed E-state index contributed by atoms with van der Waals surface area (Å²) in [4.78, 5) is 12.0. The second kappa shape index (κ2) is 5.81. The third-order valence-corrected chi connectivity index (χ3v) is 3.05. The van der Waals surface area contributed by atoms with Crippen LogP contribution >= 0.6 is 11.6 Å². The summed E-state index contributed by atoms with van der Waals surface area (Å²) < 4.78 is 10.3. The quantitative estimate of drug-likeness (QED) is 0.537. The van der Waals surface area contributed by atoms with Gasteiger partial charge < -0.3 is 9.26 Å². The van der Waals surface area contributed by atoms with Crippen molar-refractivity contribution < 1.29 is 14.1 Å². The van der Waals surface area contributed by atoms with Gasteiger partial charge in [0.25, 0.3) is 0 Å². The smallest absolute Gasteiger partial charge is 0.365 e. The van der Waals surface area contributed by atoms with E-state index in [2.05, 4.69) is 5.16 Å². The Morgan fingerprint density at radius 2 is 1.76 bits per heavy atom. The average molecular weight is 300 g/mol. The maximum absolute atomic E-state index is 12.0. The molecule has 104 valence electrons. The van der Waals surface area contributed by atoms with Crippen LogP contribution in [-0.4, -0.2) is 11.1 Å². The summed E-state index contributed by atoms with van der Waals surface area (Å²) in [6.07, 6.45) is 0. The molecule has 1 aromatic heterocycles. The van der Waals surface area contributed by atoms with Crippen LogP contribution in [-0.2, 0) is 0 Å². The fraction of sp³-hybridized carbons (Fsp3) is 0. The number of rotatable bonds is 3. The molecule has 0 spiro atoms. The number of halogens is 1. The summed E-state index contributed by atoms with van der Waals surface area (Å²) in [6.45, 7) is 0. The van der Waals surface area contributed by atoms with E-state index in [1.165, 1.54) is 0 Å². The van der Waals surface area contributed by atoms with Crippen molar-refractivity contribution in [2.75, 3.05) is 0 Å². The molecular formula is C16H10ClNO3. The van der Waals surface area contributed by atoms with Gasteiger partial charge in [0.15, 0.2) is 11.5 Å². The molecule has 1 heterocycles. The van der Waals surface area contributed by atoms with Crippen molar-refractivity contribution >= 4 is 17.6 Å². The first kappa shape index (κ1) is 13.4. The van der Waals surface area contributed by atoms with Gasteiger partial charge in [-0.25, -0.2) is 4.79 Å². The largest absolute Gasteiger partial charge is 0.422 e. The predicted octanol–water partition coefficient (Wildman–Crippen LogP) is 4.21. The van der Waals surface area contributed by atoms with Crippen LogP contribution in [0, 0.1) is 0 Å². The summed E-state index contributed by atoms with van der Waals surface area (Å²) in [5, 5.41) is 4.30. The van der Waals surface area contributed by atoms with Gasteiger partial charge in [0.2, 0.25) is 0 Å². The lowest BCUT2D eigenvalue weighted by Gasteiger charge is -2.00. The number of hydrogen-bond donors (Lipinski definition) is 0. The molecule has 0 unspecified atom stereocenters. The third kappa shape index (κ3) is 3.12. The maximum atomic E-state index is 12.0. The Labute approximate surface area is 125 Å². The molecular weight excluding hydrogens is 290 g/mol. The molecule has 0 aliphatic heterocycles. The molecule has 2 aromatic carbocycles. The van der Waals surface area contributed by atoms with Crippen molar-refractivity contribution in [3.63, 3.8) is 0 Å². The van der Waals surface area contributed by atoms with Gasteiger partial charge in [-0.3, -0.25) is 0 Å². The van der Waals surface area contributed by atoms with Gasteiger partial charge in [0.1, 0.15) is 5.75 Å². The number of hydrogen-bond acceptors (Lipinski definition) is 4. The number of nitrogens with zero attached hydrogens (tertiary/aromatic N) is 1. The van der Waals surface area contributed by atoms with Gasteiger partial charge in [-0.15, -0.1) is 0 Å². The van der Waals surface area contributed by atoms with Crippen LogP contribution in [0.3, 0.4) is 0 Å². The highest BCUT2D eigenvalue weighted by molar-refractivity contribution is 6.30. The lowest BCUT2D eigenvalue weighted by atomic mass is 10.2. The van der Waals surface area contributed by atoms with Crippen molar-refractivity contribution in [3.8, 4) is 17.1 Å². The molecule has 4 nitrogen and oxygen atoms in total. The minimum Gasteiger partial charge on any atom is -0.422 e. The highest BCUT2D eigenvalue weighted by Gasteiger charge is 2.15. The lowest BCUT2D eigenvalue weighted by Crippen LogP contribution is -2.08. The molecule has 5 heteroatoms. The molecule has 0 radical (unpaired) electrons. The number of esters is 1. The van der Waals surface area contributed by atoms with Gasteiger partial charge in [-0.2, -0.15) is 0 Å². The van der Waals surface area contributed by atoms with E-state index in [1.54, 1.807) is 30.3 Å². The first-order valence-electron chi connectivity index (χ1n) is 6.22. The zero-order valence-electron chi connectivity index (χ0n) is 10.8. The highest BCUT2D eigenvalue weighted by atomic mass is 35.5. The number of carbonyl (C=O) groups is 1. The summed E-state index contributed by atoms with van der Waals surface area (Å²) in [5.41, 5.74) is 0.958. The zero-order chi connectivity index (χ0) is 14.7. The minimum absolute atomic E-state index is 0.115. The molecule has 0 aliphatic rings. The van der Waals surface area contributed by atoms with Crippen molar-refractivity contribution in [1.29, 1.82) is 0 Å². The second-order valence-corrected chi connectivity index (χ2v) is 4.72. The Bertz CT molecular complexity index is 751. The standard InChI is InChI=1S/C16H10ClNO3/c17-12-6-8-13(9-7-12)20-16(19)14-10-15(21-18-14)11-4-2-1-3-5-11/h1-10H. The third-order valence-electron chi connectivity index (χ3n) is 2.80. The monoisotopic (exact) mass is 299 g/mol. The van der Waals surface area contributed by atoms with Crippen molar-refractivity contribution in [2.24, 2.45) is 0 Å². The Morgan fingerprint density at radius 3 is 2.48 bits per heavy atom. The second-order valence-electron chi connectivity index (χ2n) is 4.29. The summed E-state index contributed by atoms with van der Waals surface area (Å²) in [7, 11) is 0. The molecule has 0 bridgehead atoms. The SMILES string of the molecule is O=C(Oc1ccc(Cl)cc1)c1cc(-c2ccccc2)on1. The van der Waals surface area contributed by atoms with Crippen molar-refractivity contribution in [3.05, 3.63) is 71.4 Å². The number of aromatic nitrogens is 1. The molecule has 21 heavy (non-hydrogen) atoms. The Hall–Kier alpha value is -2.59. The zero-order valence-corrected chi connectivity index (χ0v) is 11.6. The molecule has 0 atom stereocenters. The van der Waals surface area contributed by atoms with Crippen LogP contribution in [0.2, 0.25) is 5.02 Å². The fourth-order valence-corrected chi connectivity index (χ4v) is 1.90. The molecule has 0 aliphatic carbocycles. The van der Waals surface area contributed by atoms with Gasteiger partial charge in [0, 0.05) is 16.7 Å². The van der Waals surface area contributed by atoms with Crippen LogP contribution in [0.5, 0.6) is 5.75 Å². The number of carbonyl (C=O) groups excluding carboxylic acids is 1. The average Bonchev–Trinajstić information content (AvgIpc) is 3.00. The minimum atomic E-state index is -0.580. The fourth-order valence-electron chi connectivity index (χ4n) is 1.77. The topological polar surface area (TPSA) is 52.3 Å². The van der Waals surface area contributed by atoms with E-state index >= 15 is 0 Å². The van der Waals surface area contributed by atoms with E-state index in [1.807, 2.05) is 30.3 Å². The first-order chi connectivity index (χ1) is 10.2. The summed E-state index contributed by atoms with van der Waals surface area (Å²) in [5.74, 6) is 0.329. The molecule has 0 fully saturated rings. The van der Waals surface area contributed by atoms with Crippen LogP contribution in [0.25, 0.3) is 11.3 Å². The molecule has 0 amide bonds. The Morgan fingerprint density at radius 1 is 1.05 bits per heavy atom. The first-order valence-corrected chi connectivity index (χ1v) is 6.60. The number of benzene rings is 2. The Balaban J connectivity index is 1.77. The summed E-state index contributed by atoms with van der Waals surface area (Å²) in [6, 6.07) is 17.4. The van der Waals surface area contributed by atoms with E-state index < -0.39 is 5.97 Å². The van der Waals surface area contributed by atoms with Crippen molar-refractivity contribution in [1.82, 2.24) is 5.16 Å². The van der Waals surface area contributed by atoms with Crippen molar-refractivity contribution in [2.45, 2.75) is 0 Å². The molecule has 3 aromatic rings. The van der Waals surface area contributed by atoms with E-state index in [4.69, 9.17) is 20.9 Å². The van der Waals surface area contributed by atoms with Gasteiger partial charge in [-0.1, -0.05) is 47.1 Å². The van der Waals surface area contributed by atoms with E-state index in [0.717, 1.165) is 5.56 Å². The number of ether oxygens (including phenoxy) is 1. The highest BCUT2D eigenvalue weighted by Crippen LogP contribution is 2.21. The molecule has 3 rings (SSSR count). The van der Waals surface area contributed by atoms with E-state index in [0.29, 0.717) is 16.5 Å². The van der Waals surface area contributed by atoms with Gasteiger partial charge in [-0.05, 0) is 24.3 Å².